The summed E-state index contributed by atoms with van der Waals surface area (Å²) in [4.78, 5) is 25.0. The first-order valence-electron chi connectivity index (χ1n) is 11.4. The molecule has 1 amide bonds. The number of ether oxygens (including phenoxy) is 2. The molecule has 0 spiro atoms. The first-order valence-corrected chi connectivity index (χ1v) is 11.4. The predicted molar refractivity (Wildman–Crippen MR) is 131 cm³/mol. The van der Waals surface area contributed by atoms with Crippen molar-refractivity contribution in [1.82, 2.24) is 4.90 Å². The second-order valence-electron chi connectivity index (χ2n) is 8.14. The lowest BCUT2D eigenvalue weighted by Crippen LogP contribution is -2.30. The Kier molecular flexibility index (Phi) is 9.52. The first-order chi connectivity index (χ1) is 16.5. The smallest absolute Gasteiger partial charge is 0.307 e. The van der Waals surface area contributed by atoms with Crippen molar-refractivity contribution in [2.45, 2.75) is 25.7 Å². The Labute approximate surface area is 200 Å². The number of aliphatic carboxylic acids is 1. The molecule has 0 fully saturated rings. The van der Waals surface area contributed by atoms with Gasteiger partial charge < -0.3 is 19.5 Å². The summed E-state index contributed by atoms with van der Waals surface area (Å²) in [6.45, 7) is 1.70. The van der Waals surface area contributed by atoms with Crippen LogP contribution in [0.3, 0.4) is 0 Å². The third-order valence-corrected chi connectivity index (χ3v) is 5.39. The normalized spacial score (nSPS) is 10.5. The third kappa shape index (κ3) is 8.62. The van der Waals surface area contributed by atoms with Crippen LogP contribution in [0, 0.1) is 0 Å². The molecule has 0 saturated heterocycles. The molecule has 1 N–H and O–H groups in total. The summed E-state index contributed by atoms with van der Waals surface area (Å²) in [6.07, 6.45) is 1.93. The van der Waals surface area contributed by atoms with Gasteiger partial charge in [-0.1, -0.05) is 54.6 Å². The molecule has 0 saturated carbocycles. The number of amides is 1. The SMILES string of the molecule is CN(CCc1ccccc1)C(=O)Cc1ccc(OCCCOc2ccc(CC(=O)O)cc2)cc1. The molecular weight excluding hydrogens is 430 g/mol. The van der Waals surface area contributed by atoms with Gasteiger partial charge in [0.15, 0.2) is 0 Å². The molecule has 0 radical (unpaired) electrons. The van der Waals surface area contributed by atoms with Crippen LogP contribution >= 0.6 is 0 Å². The molecular formula is C28H31NO5. The predicted octanol–water partition coefficient (Wildman–Crippen LogP) is 4.41. The third-order valence-electron chi connectivity index (χ3n) is 5.39. The van der Waals surface area contributed by atoms with Crippen molar-refractivity contribution in [1.29, 1.82) is 0 Å². The zero-order valence-electron chi connectivity index (χ0n) is 19.5. The van der Waals surface area contributed by atoms with Crippen molar-refractivity contribution < 1.29 is 24.2 Å². The number of nitrogens with zero attached hydrogens (tertiary/aromatic N) is 1. The largest absolute Gasteiger partial charge is 0.493 e. The minimum atomic E-state index is -0.850. The van der Waals surface area contributed by atoms with E-state index < -0.39 is 5.97 Å². The minimum absolute atomic E-state index is 0.00598. The van der Waals surface area contributed by atoms with Gasteiger partial charge in [0, 0.05) is 20.0 Å². The van der Waals surface area contributed by atoms with Crippen molar-refractivity contribution in [3.63, 3.8) is 0 Å². The van der Waals surface area contributed by atoms with Crippen LogP contribution < -0.4 is 9.47 Å². The number of likely N-dealkylation sites (N-methyl/N-ethyl adjacent to an activating group) is 1. The van der Waals surface area contributed by atoms with Gasteiger partial charge in [-0.25, -0.2) is 0 Å². The fourth-order valence-electron chi connectivity index (χ4n) is 3.40. The monoisotopic (exact) mass is 461 g/mol. The van der Waals surface area contributed by atoms with Gasteiger partial charge in [-0.3, -0.25) is 9.59 Å². The summed E-state index contributed by atoms with van der Waals surface area (Å²) in [5, 5.41) is 8.80. The number of carbonyl (C=O) groups is 2. The molecule has 3 aromatic rings. The highest BCUT2D eigenvalue weighted by atomic mass is 16.5. The maximum absolute atomic E-state index is 12.5. The van der Waals surface area contributed by atoms with Crippen LogP contribution in [0.25, 0.3) is 0 Å². The lowest BCUT2D eigenvalue weighted by molar-refractivity contribution is -0.136. The Bertz CT molecular complexity index is 1030. The van der Waals surface area contributed by atoms with Crippen LogP contribution in [0.1, 0.15) is 23.1 Å². The number of carbonyl (C=O) groups excluding carboxylic acids is 1. The zero-order chi connectivity index (χ0) is 24.2. The summed E-state index contributed by atoms with van der Waals surface area (Å²) < 4.78 is 11.4. The van der Waals surface area contributed by atoms with Crippen LogP contribution in [0.2, 0.25) is 0 Å². The van der Waals surface area contributed by atoms with Gasteiger partial charge >= 0.3 is 5.97 Å². The Morgan fingerprint density at radius 1 is 0.735 bits per heavy atom. The highest BCUT2D eigenvalue weighted by Gasteiger charge is 2.10. The van der Waals surface area contributed by atoms with E-state index in [0.29, 0.717) is 38.3 Å². The second-order valence-corrected chi connectivity index (χ2v) is 8.14. The molecule has 0 bridgehead atoms. The van der Waals surface area contributed by atoms with Crippen molar-refractivity contribution in [2.75, 3.05) is 26.8 Å². The number of benzene rings is 3. The minimum Gasteiger partial charge on any atom is -0.493 e. The van der Waals surface area contributed by atoms with E-state index in [9.17, 15) is 9.59 Å². The lowest BCUT2D eigenvalue weighted by atomic mass is 10.1. The quantitative estimate of drug-likeness (QED) is 0.382. The fraction of sp³-hybridized carbons (Fsp3) is 0.286. The van der Waals surface area contributed by atoms with Crippen molar-refractivity contribution in [3.05, 3.63) is 95.6 Å². The molecule has 0 aromatic heterocycles. The molecule has 0 aliphatic rings. The van der Waals surface area contributed by atoms with Gasteiger partial charge in [0.2, 0.25) is 5.91 Å². The summed E-state index contributed by atoms with van der Waals surface area (Å²) >= 11 is 0. The van der Waals surface area contributed by atoms with Crippen LogP contribution in [0.4, 0.5) is 0 Å². The Morgan fingerprint density at radius 3 is 1.79 bits per heavy atom. The summed E-state index contributed by atoms with van der Waals surface area (Å²) in [5.41, 5.74) is 2.92. The molecule has 6 heteroatoms. The fourth-order valence-corrected chi connectivity index (χ4v) is 3.40. The van der Waals surface area contributed by atoms with Gasteiger partial charge in [0.05, 0.1) is 26.1 Å². The standard InChI is InChI=1S/C28H31NO5/c1-29(17-16-22-6-3-2-4-7-22)27(30)20-23-8-12-25(13-9-23)33-18-5-19-34-26-14-10-24(11-15-26)21-28(31)32/h2-4,6-15H,5,16-21H2,1H3,(H,31,32). The van der Waals surface area contributed by atoms with Gasteiger partial charge in [-0.2, -0.15) is 0 Å². The highest BCUT2D eigenvalue weighted by Crippen LogP contribution is 2.15. The van der Waals surface area contributed by atoms with E-state index in [1.165, 1.54) is 5.56 Å². The lowest BCUT2D eigenvalue weighted by Gasteiger charge is -2.17. The van der Waals surface area contributed by atoms with E-state index in [1.54, 1.807) is 29.2 Å². The number of hydrogen-bond acceptors (Lipinski definition) is 4. The molecule has 178 valence electrons. The van der Waals surface area contributed by atoms with E-state index >= 15 is 0 Å². The Hall–Kier alpha value is -3.80. The summed E-state index contributed by atoms with van der Waals surface area (Å²) in [5.74, 6) is 0.706. The van der Waals surface area contributed by atoms with E-state index in [2.05, 4.69) is 12.1 Å². The number of carboxylic acid groups (broad SMARTS) is 1. The van der Waals surface area contributed by atoms with Gasteiger partial charge in [-0.05, 0) is 47.4 Å². The molecule has 6 nitrogen and oxygen atoms in total. The van der Waals surface area contributed by atoms with Crippen LogP contribution in [0.15, 0.2) is 78.9 Å². The van der Waals surface area contributed by atoms with Crippen molar-refractivity contribution in [3.8, 4) is 11.5 Å². The van der Waals surface area contributed by atoms with E-state index in [-0.39, 0.29) is 12.3 Å². The van der Waals surface area contributed by atoms with Gasteiger partial charge in [-0.15, -0.1) is 0 Å². The Morgan fingerprint density at radius 2 is 1.26 bits per heavy atom. The van der Waals surface area contributed by atoms with Crippen LogP contribution in [-0.4, -0.2) is 48.7 Å². The summed E-state index contributed by atoms with van der Waals surface area (Å²) in [6, 6.07) is 24.8. The molecule has 0 heterocycles. The molecule has 0 unspecified atom stereocenters. The average molecular weight is 462 g/mol. The topological polar surface area (TPSA) is 76.1 Å². The number of carboxylic acids is 1. The molecule has 3 rings (SSSR count). The number of rotatable bonds is 13. The van der Waals surface area contributed by atoms with E-state index in [0.717, 1.165) is 23.3 Å². The molecule has 0 aliphatic carbocycles. The second kappa shape index (κ2) is 13.0. The van der Waals surface area contributed by atoms with Crippen molar-refractivity contribution in [2.24, 2.45) is 0 Å². The molecule has 3 aromatic carbocycles. The zero-order valence-corrected chi connectivity index (χ0v) is 19.5. The first kappa shape index (κ1) is 24.8. The maximum Gasteiger partial charge on any atom is 0.307 e. The van der Waals surface area contributed by atoms with Gasteiger partial charge in [0.1, 0.15) is 11.5 Å². The van der Waals surface area contributed by atoms with Gasteiger partial charge in [0.25, 0.3) is 0 Å². The van der Waals surface area contributed by atoms with E-state index in [1.807, 2.05) is 49.5 Å². The molecule has 0 aliphatic heterocycles. The summed E-state index contributed by atoms with van der Waals surface area (Å²) in [7, 11) is 1.84. The van der Waals surface area contributed by atoms with Crippen molar-refractivity contribution >= 4 is 11.9 Å². The van der Waals surface area contributed by atoms with E-state index in [4.69, 9.17) is 14.6 Å². The molecule has 0 atom stereocenters. The molecule has 34 heavy (non-hydrogen) atoms. The van der Waals surface area contributed by atoms with Crippen LogP contribution in [0.5, 0.6) is 11.5 Å². The maximum atomic E-state index is 12.5. The average Bonchev–Trinajstić information content (AvgIpc) is 2.84. The van der Waals surface area contributed by atoms with Crippen LogP contribution in [-0.2, 0) is 28.9 Å². The number of hydrogen-bond donors (Lipinski definition) is 1. The Balaban J connectivity index is 1.32. The highest BCUT2D eigenvalue weighted by molar-refractivity contribution is 5.78.